The second-order valence-corrected chi connectivity index (χ2v) is 6.91. The van der Waals surface area contributed by atoms with Crippen LogP contribution in [0.4, 0.5) is 0 Å². The number of aromatic nitrogens is 1. The highest BCUT2D eigenvalue weighted by Crippen LogP contribution is 2.37. The summed E-state index contributed by atoms with van der Waals surface area (Å²) in [7, 11) is 2.46. The van der Waals surface area contributed by atoms with E-state index in [2.05, 4.69) is 49.9 Å². The van der Waals surface area contributed by atoms with Crippen molar-refractivity contribution in [2.75, 3.05) is 20.1 Å². The molecular weight excluding hydrogens is 302 g/mol. The second kappa shape index (κ2) is 11.4. The highest BCUT2D eigenvalue weighted by atomic mass is 32.1. The molecule has 2 unspecified atom stereocenters. The van der Waals surface area contributed by atoms with Gasteiger partial charge in [0.25, 0.3) is 0 Å². The van der Waals surface area contributed by atoms with Crippen LogP contribution in [-0.4, -0.2) is 29.6 Å². The van der Waals surface area contributed by atoms with Crippen molar-refractivity contribution in [2.45, 2.75) is 64.3 Å². The molecule has 1 aromatic rings. The SMILES string of the molecule is CCCCCCCC[N+]1(C)CCCC1c1cccnc1.N#C[S-]. The maximum atomic E-state index is 7.13. The molecule has 2 rings (SSSR count). The smallest absolute Gasteiger partial charge is 0.116 e. The summed E-state index contributed by atoms with van der Waals surface area (Å²) in [6.45, 7) is 4.97. The van der Waals surface area contributed by atoms with Crippen molar-refractivity contribution in [1.29, 1.82) is 5.26 Å². The van der Waals surface area contributed by atoms with E-state index in [-0.39, 0.29) is 0 Å². The fraction of sp³-hybridized carbons (Fsp3) is 0.684. The highest BCUT2D eigenvalue weighted by Gasteiger charge is 2.38. The van der Waals surface area contributed by atoms with Crippen LogP contribution in [-0.2, 0) is 12.6 Å². The van der Waals surface area contributed by atoms with Crippen LogP contribution in [0.1, 0.15) is 69.9 Å². The van der Waals surface area contributed by atoms with Gasteiger partial charge in [0, 0.05) is 30.8 Å². The van der Waals surface area contributed by atoms with E-state index in [1.165, 1.54) is 79.9 Å². The quantitative estimate of drug-likeness (QED) is 0.298. The van der Waals surface area contributed by atoms with Crippen molar-refractivity contribution in [3.8, 4) is 5.40 Å². The van der Waals surface area contributed by atoms with Gasteiger partial charge in [-0.25, -0.2) is 5.26 Å². The largest absolute Gasteiger partial charge is 0.696 e. The Balaban J connectivity index is 0.000000816. The summed E-state index contributed by atoms with van der Waals surface area (Å²) in [5, 5.41) is 8.47. The maximum absolute atomic E-state index is 7.13. The molecule has 3 nitrogen and oxygen atoms in total. The molecule has 2 atom stereocenters. The van der Waals surface area contributed by atoms with Gasteiger partial charge in [-0.05, 0) is 18.9 Å². The van der Waals surface area contributed by atoms with E-state index < -0.39 is 0 Å². The standard InChI is InChI=1S/C18H31N2.CHNS/c1-3-4-5-6-7-8-14-20(2)15-10-12-18(20)17-11-9-13-19-16-17;2-1-3/h9,11,13,16,18H,3-8,10,12,14-15H2,1-2H3;3H/q+1;/p-1. The Hall–Kier alpha value is -1.18. The third-order valence-corrected chi connectivity index (χ3v) is 4.99. The second-order valence-electron chi connectivity index (χ2n) is 6.73. The molecule has 0 spiro atoms. The van der Waals surface area contributed by atoms with Gasteiger partial charge in [0.05, 0.1) is 20.1 Å². The van der Waals surface area contributed by atoms with Crippen molar-refractivity contribution in [1.82, 2.24) is 4.98 Å². The zero-order valence-electron chi connectivity index (χ0n) is 14.7. The predicted molar refractivity (Wildman–Crippen MR) is 98.5 cm³/mol. The lowest BCUT2D eigenvalue weighted by atomic mass is 10.0. The first kappa shape index (κ1) is 19.9. The molecule has 0 amide bonds. The van der Waals surface area contributed by atoms with Crippen molar-refractivity contribution in [3.63, 3.8) is 0 Å². The summed E-state index contributed by atoms with van der Waals surface area (Å²) in [4.78, 5) is 4.32. The van der Waals surface area contributed by atoms with Crippen LogP contribution in [0.3, 0.4) is 0 Å². The lowest BCUT2D eigenvalue weighted by molar-refractivity contribution is -0.927. The van der Waals surface area contributed by atoms with E-state index >= 15 is 0 Å². The topological polar surface area (TPSA) is 36.7 Å². The van der Waals surface area contributed by atoms with E-state index in [1.54, 1.807) is 0 Å². The van der Waals surface area contributed by atoms with Crippen molar-refractivity contribution >= 4 is 12.6 Å². The van der Waals surface area contributed by atoms with Crippen molar-refractivity contribution < 1.29 is 4.48 Å². The number of thiocyanates is 1. The molecule has 0 saturated carbocycles. The number of rotatable bonds is 8. The average Bonchev–Trinajstić information content (AvgIpc) is 2.94. The molecule has 1 fully saturated rings. The highest BCUT2D eigenvalue weighted by molar-refractivity contribution is 7.64. The normalized spacial score (nSPS) is 22.9. The molecule has 0 bridgehead atoms. The van der Waals surface area contributed by atoms with Gasteiger partial charge in [-0.2, -0.15) is 0 Å². The number of likely N-dealkylation sites (tertiary alicyclic amines) is 1. The first-order chi connectivity index (χ1) is 11.2. The predicted octanol–water partition coefficient (Wildman–Crippen LogP) is 4.74. The summed E-state index contributed by atoms with van der Waals surface area (Å²) in [5.74, 6) is 0. The van der Waals surface area contributed by atoms with Crippen LogP contribution in [0, 0.1) is 10.7 Å². The van der Waals surface area contributed by atoms with Gasteiger partial charge >= 0.3 is 0 Å². The minimum Gasteiger partial charge on any atom is -0.696 e. The lowest BCUT2D eigenvalue weighted by Gasteiger charge is -2.36. The molecule has 1 aromatic heterocycles. The van der Waals surface area contributed by atoms with E-state index in [0.717, 1.165) is 0 Å². The molecule has 4 heteroatoms. The van der Waals surface area contributed by atoms with Gasteiger partial charge in [-0.3, -0.25) is 4.98 Å². The number of hydrogen-bond acceptors (Lipinski definition) is 3. The Morgan fingerprint density at radius 2 is 2.00 bits per heavy atom. The van der Waals surface area contributed by atoms with E-state index in [4.69, 9.17) is 5.26 Å². The Bertz CT molecular complexity index is 457. The van der Waals surface area contributed by atoms with E-state index in [0.29, 0.717) is 6.04 Å². The minimum atomic E-state index is 0.680. The number of hydrogen-bond donors (Lipinski definition) is 0. The van der Waals surface area contributed by atoms with Crippen LogP contribution in [0.15, 0.2) is 24.5 Å². The molecule has 23 heavy (non-hydrogen) atoms. The van der Waals surface area contributed by atoms with Gasteiger partial charge in [-0.1, -0.05) is 44.1 Å². The number of quaternary nitrogens is 1. The maximum Gasteiger partial charge on any atom is 0.116 e. The van der Waals surface area contributed by atoms with Gasteiger partial charge in [0.1, 0.15) is 6.04 Å². The molecule has 128 valence electrons. The zero-order valence-corrected chi connectivity index (χ0v) is 15.5. The van der Waals surface area contributed by atoms with Crippen molar-refractivity contribution in [3.05, 3.63) is 30.1 Å². The van der Waals surface area contributed by atoms with Crippen LogP contribution in [0.5, 0.6) is 0 Å². The van der Waals surface area contributed by atoms with Crippen LogP contribution in [0.25, 0.3) is 0 Å². The molecule has 0 aromatic carbocycles. The third kappa shape index (κ3) is 6.85. The van der Waals surface area contributed by atoms with Crippen LogP contribution < -0.4 is 0 Å². The van der Waals surface area contributed by atoms with E-state index in [9.17, 15) is 0 Å². The first-order valence-corrected chi connectivity index (χ1v) is 9.34. The molecule has 2 heterocycles. The Kier molecular flexibility index (Phi) is 9.82. The van der Waals surface area contributed by atoms with Gasteiger partial charge in [0.15, 0.2) is 0 Å². The van der Waals surface area contributed by atoms with E-state index in [1.807, 2.05) is 6.20 Å². The molecule has 0 radical (unpaired) electrons. The van der Waals surface area contributed by atoms with Gasteiger partial charge < -0.3 is 17.1 Å². The monoisotopic (exact) mass is 333 g/mol. The minimum absolute atomic E-state index is 0.680. The summed E-state index contributed by atoms with van der Waals surface area (Å²) in [5.41, 5.74) is 1.44. The molecule has 1 aliphatic rings. The molecule has 0 N–H and O–H groups in total. The fourth-order valence-corrected chi connectivity index (χ4v) is 3.73. The Morgan fingerprint density at radius 3 is 2.65 bits per heavy atom. The van der Waals surface area contributed by atoms with Crippen molar-refractivity contribution in [2.24, 2.45) is 0 Å². The Labute approximate surface area is 147 Å². The van der Waals surface area contributed by atoms with Crippen LogP contribution in [0.2, 0.25) is 0 Å². The number of nitriles is 1. The number of nitrogens with zero attached hydrogens (tertiary/aromatic N) is 3. The molecule has 1 aliphatic heterocycles. The summed E-state index contributed by atoms with van der Waals surface area (Å²) < 4.78 is 1.24. The zero-order chi connectivity index (χ0) is 17.0. The number of unbranched alkanes of at least 4 members (excludes halogenated alkanes) is 5. The summed E-state index contributed by atoms with van der Waals surface area (Å²) in [6.07, 6.45) is 15.1. The molecule has 1 saturated heterocycles. The number of pyridine rings is 1. The Morgan fingerprint density at radius 1 is 1.30 bits per heavy atom. The average molecular weight is 334 g/mol. The van der Waals surface area contributed by atoms with Gasteiger partial charge in [-0.15, -0.1) is 0 Å². The van der Waals surface area contributed by atoms with Crippen LogP contribution >= 0.6 is 0 Å². The summed E-state index contributed by atoms with van der Waals surface area (Å²) >= 11 is 3.70. The summed E-state index contributed by atoms with van der Waals surface area (Å²) in [6, 6.07) is 5.03. The molecule has 0 aliphatic carbocycles. The molecular formula is C19H31N3S. The fourth-order valence-electron chi connectivity index (χ4n) is 3.73. The lowest BCUT2D eigenvalue weighted by Crippen LogP contribution is -2.43. The van der Waals surface area contributed by atoms with Gasteiger partial charge in [0.2, 0.25) is 0 Å². The third-order valence-electron chi connectivity index (χ3n) is 4.99. The first-order valence-electron chi connectivity index (χ1n) is 8.93.